The molecule has 0 bridgehead atoms. The number of nitrogens with one attached hydrogen (secondary N) is 2. The number of carbonyl (C=O) groups is 1. The Labute approximate surface area is 176 Å². The molecule has 1 aromatic heterocycles. The molecule has 1 aliphatic rings. The molecule has 4 nitrogen and oxygen atoms in total. The van der Waals surface area contributed by atoms with E-state index in [9.17, 15) is 4.79 Å². The molecule has 0 radical (unpaired) electrons. The van der Waals surface area contributed by atoms with Gasteiger partial charge in [0.2, 0.25) is 0 Å². The molecular weight excluding hydrogens is 384 g/mol. The average Bonchev–Trinajstić information content (AvgIpc) is 3.13. The molecule has 152 valence electrons. The minimum Gasteiger partial charge on any atom is -0.461 e. The third-order valence-corrected chi connectivity index (χ3v) is 5.86. The molecule has 1 saturated carbocycles. The number of esters is 1. The van der Waals surface area contributed by atoms with E-state index in [4.69, 9.17) is 16.3 Å². The summed E-state index contributed by atoms with van der Waals surface area (Å²) in [5.74, 6) is -0.322. The topological polar surface area (TPSA) is 54.1 Å². The van der Waals surface area contributed by atoms with E-state index >= 15 is 0 Å². The molecule has 3 aromatic rings. The summed E-state index contributed by atoms with van der Waals surface area (Å²) in [5.41, 5.74) is 2.38. The molecule has 5 heteroatoms. The van der Waals surface area contributed by atoms with Gasteiger partial charge in [-0.3, -0.25) is 0 Å². The van der Waals surface area contributed by atoms with Crippen molar-refractivity contribution in [3.63, 3.8) is 0 Å². The minimum atomic E-state index is -0.322. The van der Waals surface area contributed by atoms with Gasteiger partial charge in [-0.2, -0.15) is 0 Å². The lowest BCUT2D eigenvalue weighted by atomic mass is 9.95. The summed E-state index contributed by atoms with van der Waals surface area (Å²) in [4.78, 5) is 16.0. The Hall–Kier alpha value is -2.30. The third kappa shape index (κ3) is 4.82. The largest absolute Gasteiger partial charge is 0.461 e. The molecule has 0 saturated heterocycles. The van der Waals surface area contributed by atoms with Gasteiger partial charge in [0, 0.05) is 21.8 Å². The summed E-state index contributed by atoms with van der Waals surface area (Å²) in [7, 11) is 0. The monoisotopic (exact) mass is 410 g/mol. The van der Waals surface area contributed by atoms with Crippen LogP contribution in [0.4, 0.5) is 0 Å². The summed E-state index contributed by atoms with van der Waals surface area (Å²) in [6, 6.07) is 16.1. The summed E-state index contributed by atoms with van der Waals surface area (Å²) in [5, 5.41) is 5.98. The van der Waals surface area contributed by atoms with Gasteiger partial charge in [0.25, 0.3) is 0 Å². The summed E-state index contributed by atoms with van der Waals surface area (Å²) < 4.78 is 5.56. The van der Waals surface area contributed by atoms with E-state index in [1.807, 2.05) is 42.5 Å². The number of halogens is 1. The SMILES string of the molecule is O=C(OCCCNC1CCCCC1)c1[nH]c(-c2ccccc2)c2cc(Cl)ccc12. The Morgan fingerprint density at radius 2 is 1.86 bits per heavy atom. The standard InChI is InChI=1S/C24H27ClN2O2/c25-18-12-13-20-21(16-18)22(17-8-3-1-4-9-17)27-23(20)24(28)29-15-7-14-26-19-10-5-2-6-11-19/h1,3-4,8-9,12-13,16,19,26-27H,2,5-7,10-11,14-15H2. The number of H-pyrrole nitrogens is 1. The molecule has 1 heterocycles. The van der Waals surface area contributed by atoms with Gasteiger partial charge in [-0.1, -0.05) is 67.3 Å². The van der Waals surface area contributed by atoms with Gasteiger partial charge >= 0.3 is 5.97 Å². The quantitative estimate of drug-likeness (QED) is 0.373. The predicted molar refractivity (Wildman–Crippen MR) is 119 cm³/mol. The van der Waals surface area contributed by atoms with Crippen LogP contribution in [0.2, 0.25) is 5.02 Å². The predicted octanol–water partition coefficient (Wildman–Crippen LogP) is 5.96. The third-order valence-electron chi connectivity index (χ3n) is 5.63. The molecule has 1 fully saturated rings. The molecule has 1 aliphatic carbocycles. The van der Waals surface area contributed by atoms with Crippen molar-refractivity contribution in [1.29, 1.82) is 0 Å². The molecular formula is C24H27ClN2O2. The smallest absolute Gasteiger partial charge is 0.355 e. The van der Waals surface area contributed by atoms with Crippen LogP contribution in [-0.4, -0.2) is 30.1 Å². The van der Waals surface area contributed by atoms with E-state index in [1.54, 1.807) is 6.07 Å². The van der Waals surface area contributed by atoms with Crippen molar-refractivity contribution in [3.05, 3.63) is 59.2 Å². The second-order valence-corrected chi connectivity index (χ2v) is 8.15. The number of aromatic nitrogens is 1. The maximum atomic E-state index is 12.7. The highest BCUT2D eigenvalue weighted by molar-refractivity contribution is 6.31. The molecule has 4 rings (SSSR count). The molecule has 0 amide bonds. The maximum Gasteiger partial charge on any atom is 0.355 e. The number of hydrogen-bond donors (Lipinski definition) is 2. The van der Waals surface area contributed by atoms with Gasteiger partial charge in [0.1, 0.15) is 5.69 Å². The van der Waals surface area contributed by atoms with Crippen LogP contribution in [0.3, 0.4) is 0 Å². The van der Waals surface area contributed by atoms with Crippen LogP contribution >= 0.6 is 11.6 Å². The highest BCUT2D eigenvalue weighted by atomic mass is 35.5. The van der Waals surface area contributed by atoms with Crippen LogP contribution in [0.1, 0.15) is 49.0 Å². The lowest BCUT2D eigenvalue weighted by molar-refractivity contribution is 0.0496. The van der Waals surface area contributed by atoms with Crippen molar-refractivity contribution in [3.8, 4) is 11.3 Å². The number of ether oxygens (including phenoxy) is 1. The van der Waals surface area contributed by atoms with Crippen molar-refractivity contribution < 1.29 is 9.53 Å². The summed E-state index contributed by atoms with van der Waals surface area (Å²) in [6.45, 7) is 1.29. The van der Waals surface area contributed by atoms with Crippen LogP contribution < -0.4 is 5.32 Å². The van der Waals surface area contributed by atoms with E-state index in [0.29, 0.717) is 23.4 Å². The lowest BCUT2D eigenvalue weighted by Gasteiger charge is -2.22. The van der Waals surface area contributed by atoms with Crippen molar-refractivity contribution in [1.82, 2.24) is 10.3 Å². The Morgan fingerprint density at radius 1 is 1.07 bits per heavy atom. The van der Waals surface area contributed by atoms with Crippen LogP contribution in [0.25, 0.3) is 22.0 Å². The zero-order chi connectivity index (χ0) is 20.1. The number of benzene rings is 2. The second-order valence-electron chi connectivity index (χ2n) is 7.71. The van der Waals surface area contributed by atoms with E-state index in [-0.39, 0.29) is 5.97 Å². The normalized spacial score (nSPS) is 14.9. The van der Waals surface area contributed by atoms with Crippen LogP contribution in [-0.2, 0) is 4.74 Å². The minimum absolute atomic E-state index is 0.322. The fraction of sp³-hybridized carbons (Fsp3) is 0.375. The number of rotatable bonds is 7. The molecule has 0 unspecified atom stereocenters. The zero-order valence-electron chi connectivity index (χ0n) is 16.5. The van der Waals surface area contributed by atoms with E-state index in [0.717, 1.165) is 35.0 Å². The Bertz CT molecular complexity index is 962. The van der Waals surface area contributed by atoms with Gasteiger partial charge in [-0.05, 0) is 43.5 Å². The van der Waals surface area contributed by atoms with Gasteiger partial charge in [-0.15, -0.1) is 0 Å². The van der Waals surface area contributed by atoms with E-state index in [2.05, 4.69) is 10.3 Å². The molecule has 2 N–H and O–H groups in total. The second kappa shape index (κ2) is 9.47. The van der Waals surface area contributed by atoms with Crippen LogP contribution in [0.5, 0.6) is 0 Å². The molecule has 0 aliphatic heterocycles. The number of hydrogen-bond acceptors (Lipinski definition) is 3. The fourth-order valence-corrected chi connectivity index (χ4v) is 4.29. The molecule has 0 spiro atoms. The summed E-state index contributed by atoms with van der Waals surface area (Å²) >= 11 is 6.21. The first-order valence-electron chi connectivity index (χ1n) is 10.5. The Kier molecular flexibility index (Phi) is 6.53. The fourth-order valence-electron chi connectivity index (χ4n) is 4.12. The lowest BCUT2D eigenvalue weighted by Crippen LogP contribution is -2.32. The average molecular weight is 411 g/mol. The van der Waals surface area contributed by atoms with Gasteiger partial charge in [0.15, 0.2) is 0 Å². The first-order chi connectivity index (χ1) is 14.2. The first-order valence-corrected chi connectivity index (χ1v) is 10.9. The van der Waals surface area contributed by atoms with Crippen molar-refractivity contribution in [2.75, 3.05) is 13.2 Å². The van der Waals surface area contributed by atoms with Gasteiger partial charge in [0.05, 0.1) is 12.3 Å². The van der Waals surface area contributed by atoms with Crippen molar-refractivity contribution in [2.24, 2.45) is 0 Å². The van der Waals surface area contributed by atoms with Gasteiger partial charge in [-0.25, -0.2) is 4.79 Å². The Balaban J connectivity index is 1.42. The summed E-state index contributed by atoms with van der Waals surface area (Å²) in [6.07, 6.45) is 7.34. The number of carbonyl (C=O) groups excluding carboxylic acids is 1. The van der Waals surface area contributed by atoms with E-state index < -0.39 is 0 Å². The molecule has 2 aromatic carbocycles. The van der Waals surface area contributed by atoms with Crippen LogP contribution in [0, 0.1) is 0 Å². The highest BCUT2D eigenvalue weighted by Gasteiger charge is 2.19. The maximum absolute atomic E-state index is 12.7. The highest BCUT2D eigenvalue weighted by Crippen LogP contribution is 2.33. The van der Waals surface area contributed by atoms with E-state index in [1.165, 1.54) is 32.1 Å². The number of fused-ring (bicyclic) bond motifs is 1. The first kappa shape index (κ1) is 20.0. The van der Waals surface area contributed by atoms with Gasteiger partial charge < -0.3 is 15.0 Å². The molecule has 29 heavy (non-hydrogen) atoms. The molecule has 0 atom stereocenters. The Morgan fingerprint density at radius 3 is 2.66 bits per heavy atom. The number of aromatic amines is 1. The van der Waals surface area contributed by atoms with Crippen molar-refractivity contribution in [2.45, 2.75) is 44.6 Å². The van der Waals surface area contributed by atoms with Crippen LogP contribution in [0.15, 0.2) is 48.5 Å². The van der Waals surface area contributed by atoms with Crippen molar-refractivity contribution >= 4 is 28.3 Å². The zero-order valence-corrected chi connectivity index (χ0v) is 17.3.